The number of hydrogen-bond donors (Lipinski definition) is 1. The number of hydrogen-bond acceptors (Lipinski definition) is 0. The van der Waals surface area contributed by atoms with E-state index in [0.29, 0.717) is 0 Å². The lowest BCUT2D eigenvalue weighted by Gasteiger charge is -1.95. The van der Waals surface area contributed by atoms with Gasteiger partial charge >= 0.3 is 0 Å². The van der Waals surface area contributed by atoms with Crippen LogP contribution in [0.25, 0.3) is 10.9 Å². The summed E-state index contributed by atoms with van der Waals surface area (Å²) in [5.41, 5.74) is 2.47. The van der Waals surface area contributed by atoms with E-state index >= 15 is 0 Å². The van der Waals surface area contributed by atoms with E-state index in [-0.39, 0.29) is 0 Å². The quantitative estimate of drug-likeness (QED) is 0.768. The molecule has 1 N–H and O–H groups in total. The van der Waals surface area contributed by atoms with E-state index in [1.54, 1.807) is 0 Å². The Morgan fingerprint density at radius 2 is 2.17 bits per heavy atom. The van der Waals surface area contributed by atoms with Crippen LogP contribution in [0.2, 0.25) is 0 Å². The highest BCUT2D eigenvalue weighted by atomic mass is 79.9. The number of halogens is 2. The van der Waals surface area contributed by atoms with Crippen molar-refractivity contribution >= 4 is 42.8 Å². The summed E-state index contributed by atoms with van der Waals surface area (Å²) in [5, 5.41) is 2.14. The van der Waals surface area contributed by atoms with Gasteiger partial charge in [0.1, 0.15) is 0 Å². The fraction of sp³-hybridized carbons (Fsp3) is 0.111. The number of nitrogens with one attached hydrogen (secondary N) is 1. The van der Waals surface area contributed by atoms with Gasteiger partial charge in [0.05, 0.1) is 0 Å². The molecule has 0 saturated carbocycles. The zero-order valence-corrected chi connectivity index (χ0v) is 9.44. The molecule has 0 unspecified atom stereocenters. The average molecular weight is 289 g/mol. The Labute approximate surface area is 87.4 Å². The fourth-order valence-corrected chi connectivity index (χ4v) is 2.03. The lowest BCUT2D eigenvalue weighted by atomic mass is 10.2. The number of H-pyrrole nitrogens is 1. The van der Waals surface area contributed by atoms with Crippen LogP contribution in [0.15, 0.2) is 28.9 Å². The van der Waals surface area contributed by atoms with Gasteiger partial charge in [0.2, 0.25) is 0 Å². The Morgan fingerprint density at radius 3 is 2.92 bits per heavy atom. The third-order valence-electron chi connectivity index (χ3n) is 1.85. The molecular weight excluding hydrogens is 282 g/mol. The van der Waals surface area contributed by atoms with E-state index in [2.05, 4.69) is 55.0 Å². The molecule has 0 aliphatic carbocycles. The van der Waals surface area contributed by atoms with Crippen molar-refractivity contribution in [2.75, 3.05) is 0 Å². The summed E-state index contributed by atoms with van der Waals surface area (Å²) in [4.78, 5) is 3.19. The third-order valence-corrected chi connectivity index (χ3v) is 3.15. The van der Waals surface area contributed by atoms with Crippen molar-refractivity contribution in [2.45, 2.75) is 5.33 Å². The maximum atomic E-state index is 3.47. The molecule has 0 amide bonds. The molecule has 0 aliphatic heterocycles. The van der Waals surface area contributed by atoms with Gasteiger partial charge in [0, 0.05) is 26.9 Å². The highest BCUT2D eigenvalue weighted by molar-refractivity contribution is 9.10. The molecular formula is C9H7Br2N. The summed E-state index contributed by atoms with van der Waals surface area (Å²) in [5.74, 6) is 0. The van der Waals surface area contributed by atoms with Crippen molar-refractivity contribution in [3.8, 4) is 0 Å². The molecule has 1 aromatic heterocycles. The first-order valence-electron chi connectivity index (χ1n) is 3.63. The van der Waals surface area contributed by atoms with Crippen LogP contribution in [-0.2, 0) is 5.33 Å². The molecule has 1 aromatic carbocycles. The molecule has 2 aromatic rings. The minimum absolute atomic E-state index is 0.902. The Balaban J connectivity index is 2.69. The summed E-state index contributed by atoms with van der Waals surface area (Å²) in [6.07, 6.45) is 1.96. The standard InChI is InChI=1S/C9H7Br2N/c10-4-6-1-2-7-8(11)5-12-9(7)3-6/h1-3,5,12H,4H2. The largest absolute Gasteiger partial charge is 0.360 e. The van der Waals surface area contributed by atoms with E-state index in [1.807, 2.05) is 6.20 Å². The molecule has 0 fully saturated rings. The maximum absolute atomic E-state index is 3.47. The Morgan fingerprint density at radius 1 is 1.33 bits per heavy atom. The number of benzene rings is 1. The lowest BCUT2D eigenvalue weighted by molar-refractivity contribution is 1.42. The minimum atomic E-state index is 0.902. The number of alkyl halides is 1. The number of aromatic amines is 1. The Bertz CT molecular complexity index is 406. The van der Waals surface area contributed by atoms with Crippen molar-refractivity contribution in [1.82, 2.24) is 4.98 Å². The highest BCUT2D eigenvalue weighted by Gasteiger charge is 2.00. The first kappa shape index (κ1) is 8.32. The van der Waals surface area contributed by atoms with Crippen molar-refractivity contribution < 1.29 is 0 Å². The lowest BCUT2D eigenvalue weighted by Crippen LogP contribution is -1.75. The van der Waals surface area contributed by atoms with E-state index < -0.39 is 0 Å². The van der Waals surface area contributed by atoms with Crippen LogP contribution in [-0.4, -0.2) is 4.98 Å². The summed E-state index contributed by atoms with van der Waals surface area (Å²) < 4.78 is 1.12. The van der Waals surface area contributed by atoms with Gasteiger partial charge in [0.15, 0.2) is 0 Å². The second-order valence-electron chi connectivity index (χ2n) is 2.65. The zero-order valence-electron chi connectivity index (χ0n) is 6.27. The van der Waals surface area contributed by atoms with Crippen molar-refractivity contribution in [1.29, 1.82) is 0 Å². The van der Waals surface area contributed by atoms with Gasteiger partial charge in [-0.1, -0.05) is 28.1 Å². The van der Waals surface area contributed by atoms with Crippen molar-refractivity contribution in [3.05, 3.63) is 34.4 Å². The van der Waals surface area contributed by atoms with Crippen LogP contribution in [0.4, 0.5) is 0 Å². The van der Waals surface area contributed by atoms with E-state index in [9.17, 15) is 0 Å². The van der Waals surface area contributed by atoms with Gasteiger partial charge in [-0.3, -0.25) is 0 Å². The Hall–Kier alpha value is -0.280. The molecule has 3 heteroatoms. The van der Waals surface area contributed by atoms with Gasteiger partial charge in [-0.25, -0.2) is 0 Å². The predicted octanol–water partition coefficient (Wildman–Crippen LogP) is 3.83. The summed E-state index contributed by atoms with van der Waals surface area (Å²) in [6.45, 7) is 0. The third kappa shape index (κ3) is 1.31. The van der Waals surface area contributed by atoms with Crippen molar-refractivity contribution in [3.63, 3.8) is 0 Å². The monoisotopic (exact) mass is 287 g/mol. The summed E-state index contributed by atoms with van der Waals surface area (Å²) in [7, 11) is 0. The molecule has 0 aliphatic rings. The van der Waals surface area contributed by atoms with Crippen molar-refractivity contribution in [2.24, 2.45) is 0 Å². The molecule has 1 nitrogen and oxygen atoms in total. The average Bonchev–Trinajstić information content (AvgIpc) is 2.47. The van der Waals surface area contributed by atoms with Gasteiger partial charge in [-0.15, -0.1) is 0 Å². The molecule has 0 saturated heterocycles. The smallest absolute Gasteiger partial charge is 0.0468 e. The topological polar surface area (TPSA) is 15.8 Å². The second-order valence-corrected chi connectivity index (χ2v) is 4.07. The predicted molar refractivity (Wildman–Crippen MR) is 58.6 cm³/mol. The molecule has 1 heterocycles. The van der Waals surface area contributed by atoms with Crippen LogP contribution in [0.1, 0.15) is 5.56 Å². The number of fused-ring (bicyclic) bond motifs is 1. The molecule has 0 bridgehead atoms. The first-order valence-corrected chi connectivity index (χ1v) is 5.54. The molecule has 62 valence electrons. The first-order chi connectivity index (χ1) is 5.81. The van der Waals surface area contributed by atoms with Crippen LogP contribution < -0.4 is 0 Å². The fourth-order valence-electron chi connectivity index (χ4n) is 1.22. The number of rotatable bonds is 1. The highest BCUT2D eigenvalue weighted by Crippen LogP contribution is 2.24. The normalized spacial score (nSPS) is 10.8. The number of aromatic nitrogens is 1. The van der Waals surface area contributed by atoms with Crippen LogP contribution >= 0.6 is 31.9 Å². The second kappa shape index (κ2) is 3.23. The molecule has 0 atom stereocenters. The van der Waals surface area contributed by atoms with Gasteiger partial charge in [-0.05, 0) is 27.6 Å². The van der Waals surface area contributed by atoms with Crippen LogP contribution in [0.5, 0.6) is 0 Å². The summed E-state index contributed by atoms with van der Waals surface area (Å²) in [6, 6.07) is 6.39. The van der Waals surface area contributed by atoms with Gasteiger partial charge in [0.25, 0.3) is 0 Å². The SMILES string of the molecule is BrCc1ccc2c(Br)c[nH]c2c1. The van der Waals surface area contributed by atoms with E-state index in [4.69, 9.17) is 0 Å². The molecule has 0 radical (unpaired) electrons. The Kier molecular flexibility index (Phi) is 2.24. The van der Waals surface area contributed by atoms with Crippen LogP contribution in [0.3, 0.4) is 0 Å². The maximum Gasteiger partial charge on any atom is 0.0468 e. The molecule has 0 spiro atoms. The van der Waals surface area contributed by atoms with Gasteiger partial charge < -0.3 is 4.98 Å². The zero-order chi connectivity index (χ0) is 8.55. The summed E-state index contributed by atoms with van der Waals surface area (Å²) >= 11 is 6.89. The van der Waals surface area contributed by atoms with E-state index in [1.165, 1.54) is 16.5 Å². The molecule has 12 heavy (non-hydrogen) atoms. The molecule has 2 rings (SSSR count). The van der Waals surface area contributed by atoms with Crippen LogP contribution in [0, 0.1) is 0 Å². The minimum Gasteiger partial charge on any atom is -0.360 e. The van der Waals surface area contributed by atoms with E-state index in [0.717, 1.165) is 9.80 Å². The van der Waals surface area contributed by atoms with Gasteiger partial charge in [-0.2, -0.15) is 0 Å².